The van der Waals surface area contributed by atoms with Gasteiger partial charge in [0.05, 0.1) is 18.1 Å². The van der Waals surface area contributed by atoms with E-state index < -0.39 is 11.8 Å². The second-order valence-corrected chi connectivity index (χ2v) is 6.79. The molecule has 6 heteroatoms. The van der Waals surface area contributed by atoms with Crippen LogP contribution in [0.25, 0.3) is 16.7 Å². The van der Waals surface area contributed by atoms with Gasteiger partial charge in [0.15, 0.2) is 0 Å². The maximum absolute atomic E-state index is 13.6. The van der Waals surface area contributed by atoms with E-state index >= 15 is 0 Å². The maximum Gasteiger partial charge on any atom is 0.260 e. The van der Waals surface area contributed by atoms with E-state index in [0.717, 1.165) is 11.3 Å². The highest BCUT2D eigenvalue weighted by Crippen LogP contribution is 2.30. The molecule has 2 amide bonds. The molecule has 0 aromatic heterocycles. The summed E-state index contributed by atoms with van der Waals surface area (Å²) in [5.41, 5.74) is 4.10. The second-order valence-electron chi connectivity index (χ2n) is 6.79. The summed E-state index contributed by atoms with van der Waals surface area (Å²) in [5, 5.41) is 14.2. The first-order valence-corrected chi connectivity index (χ1v) is 9.24. The summed E-state index contributed by atoms with van der Waals surface area (Å²) in [6, 6.07) is 20.5. The molecule has 0 fully saturated rings. The van der Waals surface area contributed by atoms with Crippen LogP contribution in [0.5, 0.6) is 0 Å². The van der Waals surface area contributed by atoms with Crippen LogP contribution in [-0.2, 0) is 11.2 Å². The van der Waals surface area contributed by atoms with Crippen LogP contribution in [0.2, 0.25) is 0 Å². The quantitative estimate of drug-likeness (QED) is 0.509. The van der Waals surface area contributed by atoms with E-state index in [1.807, 2.05) is 12.1 Å². The van der Waals surface area contributed by atoms with Crippen molar-refractivity contribution >= 4 is 23.1 Å². The zero-order valence-corrected chi connectivity index (χ0v) is 15.8. The Balaban J connectivity index is 1.70. The van der Waals surface area contributed by atoms with Gasteiger partial charge in [0, 0.05) is 23.0 Å². The Morgan fingerprint density at radius 1 is 0.933 bits per heavy atom. The van der Waals surface area contributed by atoms with Crippen molar-refractivity contribution in [1.29, 1.82) is 5.26 Å². The number of carbonyl (C=O) groups excluding carboxylic acids is 2. The average molecular weight is 397 g/mol. The molecule has 3 aromatic rings. The number of halogens is 1. The molecule has 0 radical (unpaired) electrons. The van der Waals surface area contributed by atoms with Gasteiger partial charge in [0.2, 0.25) is 0 Å². The Kier molecular flexibility index (Phi) is 5.10. The molecule has 0 saturated carbocycles. The number of carbonyl (C=O) groups is 2. The normalized spacial score (nSPS) is 14.1. The zero-order chi connectivity index (χ0) is 21.1. The number of fused-ring (bicyclic) bond motifs is 1. The third-order valence-electron chi connectivity index (χ3n) is 4.80. The lowest BCUT2D eigenvalue weighted by Gasteiger charge is -2.19. The molecular weight excluding hydrogens is 381 g/mol. The molecule has 4 rings (SSSR count). The van der Waals surface area contributed by atoms with Crippen LogP contribution in [0, 0.1) is 17.1 Å². The average Bonchev–Trinajstić information content (AvgIpc) is 2.74. The van der Waals surface area contributed by atoms with Crippen molar-refractivity contribution < 1.29 is 14.0 Å². The first-order chi connectivity index (χ1) is 14.5. The van der Waals surface area contributed by atoms with Crippen LogP contribution in [0.4, 0.5) is 10.1 Å². The number of hydrogen-bond donors (Lipinski definition) is 2. The molecule has 0 spiro atoms. The number of nitriles is 1. The summed E-state index contributed by atoms with van der Waals surface area (Å²) in [6.07, 6.45) is 1.86. The fraction of sp³-hybridized carbons (Fsp3) is 0.0417. The molecule has 1 heterocycles. The molecule has 0 saturated heterocycles. The molecule has 3 aromatic carbocycles. The van der Waals surface area contributed by atoms with Crippen LogP contribution in [0.3, 0.4) is 0 Å². The van der Waals surface area contributed by atoms with Gasteiger partial charge in [-0.1, -0.05) is 30.3 Å². The Bertz CT molecular complexity index is 1220. The minimum atomic E-state index is -0.516. The third-order valence-corrected chi connectivity index (χ3v) is 4.80. The number of amides is 2. The number of hydrogen-bond acceptors (Lipinski definition) is 4. The van der Waals surface area contributed by atoms with E-state index in [1.54, 1.807) is 42.5 Å². The number of nitrogens with one attached hydrogen (secondary N) is 2. The highest BCUT2D eigenvalue weighted by atomic mass is 19.1. The molecular formula is C24H16FN3O2. The van der Waals surface area contributed by atoms with E-state index in [-0.39, 0.29) is 5.82 Å². The topological polar surface area (TPSA) is 82.0 Å². The minimum Gasteiger partial charge on any atom is -0.361 e. The van der Waals surface area contributed by atoms with Gasteiger partial charge in [0.25, 0.3) is 11.8 Å². The Labute approximate surface area is 172 Å². The smallest absolute Gasteiger partial charge is 0.260 e. The summed E-state index contributed by atoms with van der Waals surface area (Å²) in [6.45, 7) is 0. The third kappa shape index (κ3) is 3.82. The monoisotopic (exact) mass is 397 g/mol. The molecule has 146 valence electrons. The molecule has 0 unspecified atom stereocenters. The van der Waals surface area contributed by atoms with Crippen molar-refractivity contribution in [3.8, 4) is 17.2 Å². The van der Waals surface area contributed by atoms with E-state index in [2.05, 4.69) is 16.7 Å². The van der Waals surface area contributed by atoms with Crippen LogP contribution in [0.1, 0.15) is 21.5 Å². The molecule has 30 heavy (non-hydrogen) atoms. The molecule has 1 aliphatic heterocycles. The lowest BCUT2D eigenvalue weighted by molar-refractivity contribution is -0.114. The van der Waals surface area contributed by atoms with Gasteiger partial charge < -0.3 is 5.32 Å². The Morgan fingerprint density at radius 2 is 1.70 bits per heavy atom. The van der Waals surface area contributed by atoms with Gasteiger partial charge in [-0.25, -0.2) is 4.39 Å². The van der Waals surface area contributed by atoms with Crippen molar-refractivity contribution in [2.75, 3.05) is 5.32 Å². The largest absolute Gasteiger partial charge is 0.361 e. The number of rotatable bonds is 4. The fourth-order valence-electron chi connectivity index (χ4n) is 3.28. The van der Waals surface area contributed by atoms with Crippen LogP contribution >= 0.6 is 0 Å². The number of imide groups is 1. The van der Waals surface area contributed by atoms with Crippen LogP contribution in [0.15, 0.2) is 72.9 Å². The van der Waals surface area contributed by atoms with Crippen LogP contribution < -0.4 is 10.6 Å². The lowest BCUT2D eigenvalue weighted by atomic mass is 9.91. The van der Waals surface area contributed by atoms with E-state index in [1.165, 1.54) is 18.3 Å². The van der Waals surface area contributed by atoms with Gasteiger partial charge in [-0.2, -0.15) is 5.26 Å². The maximum atomic E-state index is 13.6. The van der Waals surface area contributed by atoms with Crippen molar-refractivity contribution in [2.24, 2.45) is 0 Å². The molecule has 0 aliphatic carbocycles. The van der Waals surface area contributed by atoms with Crippen LogP contribution in [-0.4, -0.2) is 11.8 Å². The fourth-order valence-corrected chi connectivity index (χ4v) is 3.28. The molecule has 2 N–H and O–H groups in total. The summed E-state index contributed by atoms with van der Waals surface area (Å²) < 4.78 is 13.6. The first kappa shape index (κ1) is 19.1. The van der Waals surface area contributed by atoms with Gasteiger partial charge in [-0.15, -0.1) is 0 Å². The summed E-state index contributed by atoms with van der Waals surface area (Å²) in [5.74, 6) is -1.35. The summed E-state index contributed by atoms with van der Waals surface area (Å²) in [4.78, 5) is 24.7. The van der Waals surface area contributed by atoms with Crippen molar-refractivity contribution in [3.05, 3.63) is 95.4 Å². The highest BCUT2D eigenvalue weighted by Gasteiger charge is 2.27. The first-order valence-electron chi connectivity index (χ1n) is 9.24. The lowest BCUT2D eigenvalue weighted by Crippen LogP contribution is -2.36. The molecule has 0 atom stereocenters. The van der Waals surface area contributed by atoms with Gasteiger partial charge in [-0.3, -0.25) is 14.9 Å². The van der Waals surface area contributed by atoms with Crippen molar-refractivity contribution in [2.45, 2.75) is 6.42 Å². The van der Waals surface area contributed by atoms with Crippen molar-refractivity contribution in [1.82, 2.24) is 5.32 Å². The molecule has 1 aliphatic rings. The predicted octanol–water partition coefficient (Wildman–Crippen LogP) is 4.28. The summed E-state index contributed by atoms with van der Waals surface area (Å²) >= 11 is 0. The van der Waals surface area contributed by atoms with E-state index in [4.69, 9.17) is 5.26 Å². The minimum absolute atomic E-state index is 0.295. The highest BCUT2D eigenvalue weighted by molar-refractivity contribution is 6.31. The van der Waals surface area contributed by atoms with Gasteiger partial charge in [0.1, 0.15) is 5.82 Å². The van der Waals surface area contributed by atoms with Crippen molar-refractivity contribution in [3.63, 3.8) is 0 Å². The number of anilines is 1. The SMILES string of the molecule is N#CCc1ccc(N/C=C2\C(=O)NC(=O)c3ccc(-c4cccc(F)c4)cc32)cc1. The second kappa shape index (κ2) is 8.02. The van der Waals surface area contributed by atoms with Gasteiger partial charge in [-0.05, 0) is 53.1 Å². The molecule has 0 bridgehead atoms. The van der Waals surface area contributed by atoms with E-state index in [0.29, 0.717) is 34.2 Å². The Hall–Kier alpha value is -4.24. The van der Waals surface area contributed by atoms with E-state index in [9.17, 15) is 14.0 Å². The zero-order valence-electron chi connectivity index (χ0n) is 15.8. The standard InChI is InChI=1S/C24H16FN3O2/c25-18-3-1-2-16(12-18)17-6-9-20-21(13-17)22(24(30)28-23(20)29)14-27-19-7-4-15(5-8-19)10-11-26/h1-9,12-14,27H,10H2,(H,28,29,30)/b22-14-. The summed E-state index contributed by atoms with van der Waals surface area (Å²) in [7, 11) is 0. The number of nitrogens with zero attached hydrogens (tertiary/aromatic N) is 1. The predicted molar refractivity (Wildman–Crippen MR) is 112 cm³/mol. The Morgan fingerprint density at radius 3 is 2.43 bits per heavy atom. The van der Waals surface area contributed by atoms with Gasteiger partial charge >= 0.3 is 0 Å². The molecule has 5 nitrogen and oxygen atoms in total. The number of benzene rings is 3.